The Kier molecular flexibility index (Phi) is 6.36. The van der Waals surface area contributed by atoms with E-state index in [0.717, 1.165) is 31.7 Å². The van der Waals surface area contributed by atoms with Crippen LogP contribution in [0.25, 0.3) is 0 Å². The van der Waals surface area contributed by atoms with Gasteiger partial charge in [0.2, 0.25) is 0 Å². The van der Waals surface area contributed by atoms with E-state index in [9.17, 15) is 0 Å². The van der Waals surface area contributed by atoms with Gasteiger partial charge >= 0.3 is 0 Å². The standard InChI is InChI=1S/C17H29NO/c1-6-18-14(2)13-15-7-9-16(10-8-15)19-12-11-17(3,4)5/h7-10,14,18H,6,11-13H2,1-5H3. The molecule has 0 saturated heterocycles. The highest BCUT2D eigenvalue weighted by atomic mass is 16.5. The zero-order chi connectivity index (χ0) is 14.3. The van der Waals surface area contributed by atoms with Gasteiger partial charge < -0.3 is 10.1 Å². The van der Waals surface area contributed by atoms with Gasteiger partial charge in [0.05, 0.1) is 6.61 Å². The molecule has 0 saturated carbocycles. The SMILES string of the molecule is CCNC(C)Cc1ccc(OCCC(C)(C)C)cc1. The molecule has 1 rings (SSSR count). The summed E-state index contributed by atoms with van der Waals surface area (Å²) in [7, 11) is 0. The summed E-state index contributed by atoms with van der Waals surface area (Å²) in [5, 5.41) is 3.43. The molecule has 0 spiro atoms. The van der Waals surface area contributed by atoms with Gasteiger partial charge in [-0.05, 0) is 49.4 Å². The molecule has 0 bridgehead atoms. The largest absolute Gasteiger partial charge is 0.494 e. The third-order valence-corrected chi connectivity index (χ3v) is 3.14. The first-order chi connectivity index (χ1) is 8.90. The number of hydrogen-bond acceptors (Lipinski definition) is 2. The molecule has 1 aromatic rings. The first-order valence-electron chi connectivity index (χ1n) is 7.36. The molecule has 0 aromatic heterocycles. The molecule has 2 heteroatoms. The molecule has 1 N–H and O–H groups in total. The van der Waals surface area contributed by atoms with Crippen LogP contribution in [0, 0.1) is 5.41 Å². The minimum atomic E-state index is 0.335. The monoisotopic (exact) mass is 263 g/mol. The number of hydrogen-bond donors (Lipinski definition) is 1. The van der Waals surface area contributed by atoms with Gasteiger partial charge in [0.1, 0.15) is 5.75 Å². The molecule has 0 aliphatic rings. The third-order valence-electron chi connectivity index (χ3n) is 3.14. The van der Waals surface area contributed by atoms with Crippen LogP contribution in [0.15, 0.2) is 24.3 Å². The van der Waals surface area contributed by atoms with Gasteiger partial charge in [0.25, 0.3) is 0 Å². The van der Waals surface area contributed by atoms with Crippen molar-refractivity contribution >= 4 is 0 Å². The number of nitrogens with one attached hydrogen (secondary N) is 1. The van der Waals surface area contributed by atoms with E-state index in [1.807, 2.05) is 0 Å². The van der Waals surface area contributed by atoms with Gasteiger partial charge in [-0.2, -0.15) is 0 Å². The Hall–Kier alpha value is -1.02. The quantitative estimate of drug-likeness (QED) is 0.801. The maximum absolute atomic E-state index is 5.77. The lowest BCUT2D eigenvalue weighted by molar-refractivity contribution is 0.243. The third kappa shape index (κ3) is 7.22. The van der Waals surface area contributed by atoms with E-state index < -0.39 is 0 Å². The molecule has 1 atom stereocenters. The van der Waals surface area contributed by atoms with Gasteiger partial charge in [0.15, 0.2) is 0 Å². The summed E-state index contributed by atoms with van der Waals surface area (Å²) in [5.41, 5.74) is 1.69. The van der Waals surface area contributed by atoms with Gasteiger partial charge in [-0.15, -0.1) is 0 Å². The van der Waals surface area contributed by atoms with Crippen LogP contribution < -0.4 is 10.1 Å². The van der Waals surface area contributed by atoms with E-state index >= 15 is 0 Å². The molecule has 0 amide bonds. The van der Waals surface area contributed by atoms with Crippen molar-refractivity contribution < 1.29 is 4.74 Å². The van der Waals surface area contributed by atoms with E-state index in [0.29, 0.717) is 11.5 Å². The summed E-state index contributed by atoms with van der Waals surface area (Å²) in [6.07, 6.45) is 2.14. The molecule has 1 unspecified atom stereocenters. The highest BCUT2D eigenvalue weighted by Gasteiger charge is 2.09. The maximum atomic E-state index is 5.77. The molecule has 0 aliphatic carbocycles. The average molecular weight is 263 g/mol. The Morgan fingerprint density at radius 1 is 1.16 bits per heavy atom. The smallest absolute Gasteiger partial charge is 0.119 e. The van der Waals surface area contributed by atoms with Gasteiger partial charge in [-0.1, -0.05) is 39.8 Å². The van der Waals surface area contributed by atoms with Crippen LogP contribution in [-0.2, 0) is 6.42 Å². The minimum absolute atomic E-state index is 0.335. The van der Waals surface area contributed by atoms with Crippen LogP contribution >= 0.6 is 0 Å². The first-order valence-corrected chi connectivity index (χ1v) is 7.36. The van der Waals surface area contributed by atoms with Gasteiger partial charge in [-0.25, -0.2) is 0 Å². The highest BCUT2D eigenvalue weighted by molar-refractivity contribution is 5.27. The second-order valence-electron chi connectivity index (χ2n) is 6.47. The maximum Gasteiger partial charge on any atom is 0.119 e. The summed E-state index contributed by atoms with van der Waals surface area (Å²) in [4.78, 5) is 0. The zero-order valence-electron chi connectivity index (χ0n) is 13.1. The van der Waals surface area contributed by atoms with Crippen molar-refractivity contribution in [1.29, 1.82) is 0 Å². The predicted octanol–water partition coefficient (Wildman–Crippen LogP) is 4.04. The lowest BCUT2D eigenvalue weighted by Gasteiger charge is -2.18. The fourth-order valence-electron chi connectivity index (χ4n) is 1.97. The van der Waals surface area contributed by atoms with Crippen molar-refractivity contribution in [1.82, 2.24) is 5.32 Å². The van der Waals surface area contributed by atoms with Crippen molar-refractivity contribution in [2.45, 2.75) is 53.5 Å². The van der Waals surface area contributed by atoms with Crippen LogP contribution in [0.2, 0.25) is 0 Å². The second kappa shape index (κ2) is 7.54. The van der Waals surface area contributed by atoms with E-state index in [-0.39, 0.29) is 0 Å². The number of benzene rings is 1. The van der Waals surface area contributed by atoms with Crippen LogP contribution in [0.3, 0.4) is 0 Å². The van der Waals surface area contributed by atoms with Crippen molar-refractivity contribution in [3.63, 3.8) is 0 Å². The Labute approximate surface area is 118 Å². The molecule has 0 radical (unpaired) electrons. The van der Waals surface area contributed by atoms with E-state index in [4.69, 9.17) is 4.74 Å². The van der Waals surface area contributed by atoms with Crippen LogP contribution in [0.4, 0.5) is 0 Å². The van der Waals surface area contributed by atoms with Crippen molar-refractivity contribution in [3.8, 4) is 5.75 Å². The molecule has 2 nitrogen and oxygen atoms in total. The Balaban J connectivity index is 2.39. The Bertz CT molecular complexity index is 351. The molecule has 19 heavy (non-hydrogen) atoms. The van der Waals surface area contributed by atoms with Crippen molar-refractivity contribution in [2.24, 2.45) is 5.41 Å². The predicted molar refractivity (Wildman–Crippen MR) is 82.9 cm³/mol. The van der Waals surface area contributed by atoms with E-state index in [2.05, 4.69) is 64.2 Å². The summed E-state index contributed by atoms with van der Waals surface area (Å²) in [6.45, 7) is 12.9. The average Bonchev–Trinajstić information content (AvgIpc) is 2.30. The van der Waals surface area contributed by atoms with Gasteiger partial charge in [-0.3, -0.25) is 0 Å². The lowest BCUT2D eigenvalue weighted by Crippen LogP contribution is -2.27. The molecule has 0 heterocycles. The molecule has 1 aromatic carbocycles. The first kappa shape index (κ1) is 16.0. The molecule has 0 aliphatic heterocycles. The van der Waals surface area contributed by atoms with Crippen molar-refractivity contribution in [2.75, 3.05) is 13.2 Å². The molecule has 108 valence electrons. The lowest BCUT2D eigenvalue weighted by atomic mass is 9.93. The second-order valence-corrected chi connectivity index (χ2v) is 6.47. The van der Waals surface area contributed by atoms with Gasteiger partial charge in [0, 0.05) is 6.04 Å². The fraction of sp³-hybridized carbons (Fsp3) is 0.647. The van der Waals surface area contributed by atoms with Crippen LogP contribution in [0.5, 0.6) is 5.75 Å². The normalized spacial score (nSPS) is 13.3. The fourth-order valence-corrected chi connectivity index (χ4v) is 1.97. The highest BCUT2D eigenvalue weighted by Crippen LogP contribution is 2.20. The number of ether oxygens (including phenoxy) is 1. The van der Waals surface area contributed by atoms with Crippen molar-refractivity contribution in [3.05, 3.63) is 29.8 Å². The number of likely N-dealkylation sites (N-methyl/N-ethyl adjacent to an activating group) is 1. The Morgan fingerprint density at radius 2 is 1.79 bits per heavy atom. The summed E-state index contributed by atoms with van der Waals surface area (Å²) in [6, 6.07) is 9.02. The topological polar surface area (TPSA) is 21.3 Å². The van der Waals surface area contributed by atoms with Crippen LogP contribution in [-0.4, -0.2) is 19.2 Å². The molecule has 0 fully saturated rings. The van der Waals surface area contributed by atoms with E-state index in [1.54, 1.807) is 0 Å². The molecular formula is C17H29NO. The summed E-state index contributed by atoms with van der Waals surface area (Å²) >= 11 is 0. The van der Waals surface area contributed by atoms with E-state index in [1.165, 1.54) is 5.56 Å². The Morgan fingerprint density at radius 3 is 2.32 bits per heavy atom. The zero-order valence-corrected chi connectivity index (χ0v) is 13.1. The summed E-state index contributed by atoms with van der Waals surface area (Å²) < 4.78 is 5.77. The number of rotatable bonds is 7. The van der Waals surface area contributed by atoms with Crippen LogP contribution in [0.1, 0.15) is 46.6 Å². The minimum Gasteiger partial charge on any atom is -0.494 e. The summed E-state index contributed by atoms with van der Waals surface area (Å²) in [5.74, 6) is 0.976. The molecular weight excluding hydrogens is 234 g/mol.